The lowest BCUT2D eigenvalue weighted by Crippen LogP contribution is -2.13. The summed E-state index contributed by atoms with van der Waals surface area (Å²) in [6.45, 7) is 3.98. The fourth-order valence-electron chi connectivity index (χ4n) is 3.00. The second-order valence-corrected chi connectivity index (χ2v) is 6.38. The Morgan fingerprint density at radius 1 is 0.885 bits per heavy atom. The molecule has 4 aromatic rings. The molecule has 0 atom stereocenters. The van der Waals surface area contributed by atoms with Gasteiger partial charge in [-0.25, -0.2) is 4.98 Å². The summed E-state index contributed by atoms with van der Waals surface area (Å²) in [5, 5.41) is 3.98. The van der Waals surface area contributed by atoms with Gasteiger partial charge in [-0.3, -0.25) is 9.36 Å². The molecule has 0 aliphatic heterocycles. The van der Waals surface area contributed by atoms with E-state index in [0.717, 1.165) is 17.1 Å². The van der Waals surface area contributed by atoms with E-state index in [9.17, 15) is 4.79 Å². The normalized spacial score (nSPS) is 10.8. The van der Waals surface area contributed by atoms with Gasteiger partial charge >= 0.3 is 0 Å². The first kappa shape index (κ1) is 16.1. The van der Waals surface area contributed by atoms with Gasteiger partial charge in [-0.2, -0.15) is 0 Å². The van der Waals surface area contributed by atoms with Crippen molar-refractivity contribution in [1.29, 1.82) is 0 Å². The van der Waals surface area contributed by atoms with Crippen LogP contribution in [-0.4, -0.2) is 9.55 Å². The second kappa shape index (κ2) is 6.48. The molecule has 0 amide bonds. The topological polar surface area (TPSA) is 46.9 Å². The van der Waals surface area contributed by atoms with Gasteiger partial charge in [0.15, 0.2) is 5.43 Å². The number of pyridine rings is 2. The molecule has 0 unspecified atom stereocenters. The Kier molecular flexibility index (Phi) is 4.01. The van der Waals surface area contributed by atoms with Gasteiger partial charge in [-0.1, -0.05) is 35.9 Å². The van der Waals surface area contributed by atoms with Crippen LogP contribution in [0.4, 0.5) is 11.5 Å². The highest BCUT2D eigenvalue weighted by Gasteiger charge is 2.12. The lowest BCUT2D eigenvalue weighted by molar-refractivity contribution is 1.05. The van der Waals surface area contributed by atoms with Crippen molar-refractivity contribution in [3.63, 3.8) is 0 Å². The molecule has 0 aliphatic rings. The van der Waals surface area contributed by atoms with E-state index in [-0.39, 0.29) is 5.43 Å². The zero-order chi connectivity index (χ0) is 18.1. The van der Waals surface area contributed by atoms with Crippen LogP contribution in [0.2, 0.25) is 0 Å². The third-order valence-corrected chi connectivity index (χ3v) is 4.34. The zero-order valence-corrected chi connectivity index (χ0v) is 14.7. The number of hydrogen-bond acceptors (Lipinski definition) is 3. The maximum absolute atomic E-state index is 12.6. The minimum absolute atomic E-state index is 0.0470. The largest absolute Gasteiger partial charge is 0.341 e. The van der Waals surface area contributed by atoms with E-state index in [4.69, 9.17) is 0 Å². The second-order valence-electron chi connectivity index (χ2n) is 6.38. The molecule has 26 heavy (non-hydrogen) atoms. The van der Waals surface area contributed by atoms with Crippen molar-refractivity contribution in [1.82, 2.24) is 9.55 Å². The van der Waals surface area contributed by atoms with Crippen LogP contribution < -0.4 is 10.7 Å². The van der Waals surface area contributed by atoms with E-state index < -0.39 is 0 Å². The van der Waals surface area contributed by atoms with Crippen LogP contribution >= 0.6 is 0 Å². The number of nitrogens with one attached hydrogen (secondary N) is 1. The first-order chi connectivity index (χ1) is 12.6. The van der Waals surface area contributed by atoms with Crippen LogP contribution in [-0.2, 0) is 0 Å². The van der Waals surface area contributed by atoms with E-state index in [1.54, 1.807) is 6.07 Å². The van der Waals surface area contributed by atoms with E-state index in [0.29, 0.717) is 16.9 Å². The van der Waals surface area contributed by atoms with Gasteiger partial charge in [0.2, 0.25) is 0 Å². The molecule has 0 saturated heterocycles. The zero-order valence-electron chi connectivity index (χ0n) is 14.7. The number of benzene rings is 2. The van der Waals surface area contributed by atoms with Crippen LogP contribution in [0.15, 0.2) is 77.6 Å². The Labute approximate surface area is 151 Å². The van der Waals surface area contributed by atoms with Crippen molar-refractivity contribution in [2.45, 2.75) is 13.8 Å². The van der Waals surface area contributed by atoms with E-state index in [1.807, 2.05) is 85.1 Å². The molecule has 0 fully saturated rings. The smallest absolute Gasteiger partial charge is 0.193 e. The number of aromatic nitrogens is 2. The summed E-state index contributed by atoms with van der Waals surface area (Å²) < 4.78 is 1.99. The maximum atomic E-state index is 12.6. The number of rotatable bonds is 3. The van der Waals surface area contributed by atoms with Gasteiger partial charge in [0.25, 0.3) is 0 Å². The average molecular weight is 341 g/mol. The summed E-state index contributed by atoms with van der Waals surface area (Å²) in [5.74, 6) is 0.690. The third kappa shape index (κ3) is 2.97. The Morgan fingerprint density at radius 2 is 1.62 bits per heavy atom. The van der Waals surface area contributed by atoms with E-state index >= 15 is 0 Å². The Hall–Kier alpha value is -3.40. The molecule has 1 N–H and O–H groups in total. The summed E-state index contributed by atoms with van der Waals surface area (Å²) >= 11 is 0. The summed E-state index contributed by atoms with van der Waals surface area (Å²) in [6, 6.07) is 23.4. The number of para-hydroxylation sites is 1. The van der Waals surface area contributed by atoms with Gasteiger partial charge in [0, 0.05) is 23.1 Å². The van der Waals surface area contributed by atoms with Crippen LogP contribution in [0.3, 0.4) is 0 Å². The molecule has 0 spiro atoms. The highest BCUT2D eigenvalue weighted by Crippen LogP contribution is 2.24. The molecule has 4 nitrogen and oxygen atoms in total. The van der Waals surface area contributed by atoms with Crippen LogP contribution in [0.5, 0.6) is 0 Å². The minimum Gasteiger partial charge on any atom is -0.341 e. The number of hydrogen-bond donors (Lipinski definition) is 1. The first-order valence-corrected chi connectivity index (χ1v) is 8.54. The van der Waals surface area contributed by atoms with Gasteiger partial charge in [-0.05, 0) is 50.2 Å². The lowest BCUT2D eigenvalue weighted by Gasteiger charge is -2.18. The quantitative estimate of drug-likeness (QED) is 0.585. The summed E-state index contributed by atoms with van der Waals surface area (Å²) in [5.41, 5.74) is 4.53. The molecular weight excluding hydrogens is 322 g/mol. The molecule has 128 valence electrons. The highest BCUT2D eigenvalue weighted by molar-refractivity contribution is 5.81. The minimum atomic E-state index is -0.0470. The van der Waals surface area contributed by atoms with Crippen LogP contribution in [0, 0.1) is 13.8 Å². The number of nitrogens with zero attached hydrogens (tertiary/aromatic N) is 2. The molecule has 2 aromatic carbocycles. The first-order valence-electron chi connectivity index (χ1n) is 8.54. The third-order valence-electron chi connectivity index (χ3n) is 4.34. The van der Waals surface area contributed by atoms with Crippen LogP contribution in [0.25, 0.3) is 16.7 Å². The molecule has 2 aromatic heterocycles. The monoisotopic (exact) mass is 341 g/mol. The van der Waals surface area contributed by atoms with E-state index in [1.165, 1.54) is 5.56 Å². The van der Waals surface area contributed by atoms with Crippen molar-refractivity contribution >= 4 is 22.5 Å². The van der Waals surface area contributed by atoms with Crippen molar-refractivity contribution in [3.8, 4) is 5.69 Å². The highest BCUT2D eigenvalue weighted by atomic mass is 16.1. The Balaban J connectivity index is 1.99. The van der Waals surface area contributed by atoms with Gasteiger partial charge < -0.3 is 5.32 Å². The lowest BCUT2D eigenvalue weighted by atomic mass is 10.2. The molecule has 0 saturated carbocycles. The molecule has 4 heteroatoms. The molecule has 2 heterocycles. The van der Waals surface area contributed by atoms with E-state index in [2.05, 4.69) is 10.3 Å². The fraction of sp³-hybridized carbons (Fsp3) is 0.0909. The predicted molar refractivity (Wildman–Crippen MR) is 107 cm³/mol. The fourth-order valence-corrected chi connectivity index (χ4v) is 3.00. The van der Waals surface area contributed by atoms with Crippen molar-refractivity contribution in [2.24, 2.45) is 0 Å². The molecule has 0 radical (unpaired) electrons. The summed E-state index contributed by atoms with van der Waals surface area (Å²) in [7, 11) is 0. The maximum Gasteiger partial charge on any atom is 0.193 e. The average Bonchev–Trinajstić information content (AvgIpc) is 2.64. The van der Waals surface area contributed by atoms with Crippen LogP contribution in [0.1, 0.15) is 11.3 Å². The molecule has 0 bridgehead atoms. The van der Waals surface area contributed by atoms with Gasteiger partial charge in [0.1, 0.15) is 11.5 Å². The van der Waals surface area contributed by atoms with Gasteiger partial charge in [0.05, 0.1) is 5.39 Å². The number of fused-ring (bicyclic) bond motifs is 1. The van der Waals surface area contributed by atoms with Gasteiger partial charge in [-0.15, -0.1) is 0 Å². The summed E-state index contributed by atoms with van der Waals surface area (Å²) in [6.07, 6.45) is 0. The van der Waals surface area contributed by atoms with Crippen molar-refractivity contribution in [3.05, 3.63) is 94.3 Å². The van der Waals surface area contributed by atoms with Crippen molar-refractivity contribution in [2.75, 3.05) is 5.32 Å². The standard InChI is InChI=1S/C22H19N3O/c1-15-8-11-17(12-9-15)24-21-14-20(26)19-13-10-16(2)23-22(19)25(21)18-6-4-3-5-7-18/h3-14,24H,1-2H3. The van der Waals surface area contributed by atoms with Crippen molar-refractivity contribution < 1.29 is 0 Å². The number of anilines is 2. The SMILES string of the molecule is Cc1ccc(Nc2cc(=O)c3ccc(C)nc3n2-c2ccccc2)cc1. The number of aryl methyl sites for hydroxylation is 2. The molecule has 0 aliphatic carbocycles. The summed E-state index contributed by atoms with van der Waals surface area (Å²) in [4.78, 5) is 17.3. The molecular formula is C22H19N3O. The predicted octanol–water partition coefficient (Wildman–Crippen LogP) is 4.75. The Morgan fingerprint density at radius 3 is 2.35 bits per heavy atom. The Bertz CT molecular complexity index is 1130. The molecule has 4 rings (SSSR count).